The second-order valence-electron chi connectivity index (χ2n) is 6.88. The summed E-state index contributed by atoms with van der Waals surface area (Å²) in [5.74, 6) is -0.562. The number of amides is 2. The van der Waals surface area contributed by atoms with Crippen LogP contribution >= 0.6 is 0 Å². The Balaban J connectivity index is 1.56. The number of rotatable bonds is 5. The van der Waals surface area contributed by atoms with Gasteiger partial charge in [0.05, 0.1) is 16.6 Å². The van der Waals surface area contributed by atoms with Crippen molar-refractivity contribution in [3.8, 4) is 0 Å². The number of urea groups is 1. The smallest absolute Gasteiger partial charge is 0.258 e. The Morgan fingerprint density at radius 3 is 2.19 bits per heavy atom. The van der Waals surface area contributed by atoms with Gasteiger partial charge in [-0.3, -0.25) is 5.43 Å². The van der Waals surface area contributed by atoms with Crippen molar-refractivity contribution in [2.45, 2.75) is 17.4 Å². The van der Waals surface area contributed by atoms with E-state index in [0.717, 1.165) is 35.4 Å². The van der Waals surface area contributed by atoms with Crippen LogP contribution in [-0.2, 0) is 10.0 Å². The van der Waals surface area contributed by atoms with Crippen LogP contribution in [0.25, 0.3) is 0 Å². The van der Waals surface area contributed by atoms with Gasteiger partial charge in [-0.2, -0.15) is 5.10 Å². The van der Waals surface area contributed by atoms with Gasteiger partial charge in [0.2, 0.25) is 0 Å². The first-order chi connectivity index (χ1) is 14.9. The van der Waals surface area contributed by atoms with Crippen molar-refractivity contribution in [3.05, 3.63) is 102 Å². The number of halogens is 1. The Kier molecular flexibility index (Phi) is 5.79. The van der Waals surface area contributed by atoms with Crippen LogP contribution in [0.3, 0.4) is 0 Å². The minimum Gasteiger partial charge on any atom is -0.258 e. The van der Waals surface area contributed by atoms with Crippen LogP contribution in [0.2, 0.25) is 0 Å². The number of benzene rings is 3. The first-order valence-electron chi connectivity index (χ1n) is 9.48. The van der Waals surface area contributed by atoms with Crippen molar-refractivity contribution in [2.24, 2.45) is 5.10 Å². The molecule has 2 N–H and O–H groups in total. The molecule has 0 fully saturated rings. The average molecular weight is 438 g/mol. The summed E-state index contributed by atoms with van der Waals surface area (Å²) in [6, 6.07) is 22.0. The summed E-state index contributed by atoms with van der Waals surface area (Å²) in [5.41, 5.74) is 4.66. The second-order valence-corrected chi connectivity index (χ2v) is 8.56. The van der Waals surface area contributed by atoms with E-state index in [2.05, 4.69) is 10.5 Å². The number of carbonyl (C=O) groups is 1. The lowest BCUT2D eigenvalue weighted by Gasteiger charge is -2.22. The van der Waals surface area contributed by atoms with E-state index in [1.54, 1.807) is 0 Å². The van der Waals surface area contributed by atoms with Gasteiger partial charge in [0.15, 0.2) is 0 Å². The maximum absolute atomic E-state index is 13.1. The summed E-state index contributed by atoms with van der Waals surface area (Å²) in [6.07, 6.45) is 0.478. The van der Waals surface area contributed by atoms with E-state index >= 15 is 0 Å². The van der Waals surface area contributed by atoms with Gasteiger partial charge in [0.1, 0.15) is 5.82 Å². The molecule has 7 nitrogen and oxygen atoms in total. The molecule has 0 bridgehead atoms. The number of sulfonamides is 1. The van der Waals surface area contributed by atoms with Crippen LogP contribution in [0.15, 0.2) is 94.9 Å². The molecule has 2 amide bonds. The summed E-state index contributed by atoms with van der Waals surface area (Å²) in [4.78, 5) is 14.7. The van der Waals surface area contributed by atoms with Gasteiger partial charge < -0.3 is 0 Å². The molecule has 0 aromatic heterocycles. The maximum Gasteiger partial charge on any atom is 0.353 e. The molecule has 9 heteroatoms. The number of hydrazone groups is 1. The van der Waals surface area contributed by atoms with Crippen molar-refractivity contribution in [1.82, 2.24) is 15.3 Å². The van der Waals surface area contributed by atoms with Gasteiger partial charge in [0, 0.05) is 6.42 Å². The zero-order valence-corrected chi connectivity index (χ0v) is 17.1. The molecule has 31 heavy (non-hydrogen) atoms. The monoisotopic (exact) mass is 438 g/mol. The van der Waals surface area contributed by atoms with Gasteiger partial charge in [0.25, 0.3) is 10.0 Å². The van der Waals surface area contributed by atoms with Crippen molar-refractivity contribution >= 4 is 21.8 Å². The largest absolute Gasteiger partial charge is 0.353 e. The van der Waals surface area contributed by atoms with Gasteiger partial charge >= 0.3 is 6.03 Å². The summed E-state index contributed by atoms with van der Waals surface area (Å²) in [7, 11) is -4.07. The Morgan fingerprint density at radius 2 is 1.55 bits per heavy atom. The number of hydrogen-bond donors (Lipinski definition) is 2. The Hall–Kier alpha value is -3.56. The van der Waals surface area contributed by atoms with Gasteiger partial charge in [-0.15, -0.1) is 4.83 Å². The molecule has 0 aliphatic carbocycles. The highest BCUT2D eigenvalue weighted by atomic mass is 32.2. The Morgan fingerprint density at radius 1 is 0.935 bits per heavy atom. The molecule has 0 saturated heterocycles. The van der Waals surface area contributed by atoms with Crippen molar-refractivity contribution in [1.29, 1.82) is 0 Å². The number of nitrogens with zero attached hydrogens (tertiary/aromatic N) is 2. The highest BCUT2D eigenvalue weighted by Gasteiger charge is 2.33. The number of nitrogens with one attached hydrogen (secondary N) is 2. The minimum absolute atomic E-state index is 0.177. The standard InChI is InChI=1S/C22H19FN4O3S/c23-18-11-13-19(14-12-18)31(29,30)26-24-22(28)27-21(17-9-5-2-6-10-17)15-20(25-27)16-7-3-1-4-8-16/h1-14,21,26H,15H2,(H,24,28). The van der Waals surface area contributed by atoms with E-state index in [0.29, 0.717) is 12.1 Å². The zero-order valence-electron chi connectivity index (χ0n) is 16.3. The topological polar surface area (TPSA) is 90.9 Å². The third-order valence-electron chi connectivity index (χ3n) is 4.83. The van der Waals surface area contributed by atoms with Crippen LogP contribution in [0.1, 0.15) is 23.6 Å². The van der Waals surface area contributed by atoms with Crippen LogP contribution in [-0.4, -0.2) is 25.2 Å². The first kappa shape index (κ1) is 20.7. The quantitative estimate of drug-likeness (QED) is 0.597. The fourth-order valence-corrected chi connectivity index (χ4v) is 4.11. The fraction of sp³-hybridized carbons (Fsp3) is 0.0909. The van der Waals surface area contributed by atoms with Gasteiger partial charge in [-0.1, -0.05) is 60.7 Å². The molecule has 3 aromatic carbocycles. The molecule has 1 unspecified atom stereocenters. The van der Waals surface area contributed by atoms with Crippen molar-refractivity contribution in [2.75, 3.05) is 0 Å². The lowest BCUT2D eigenvalue weighted by molar-refractivity contribution is 0.184. The molecule has 1 aliphatic rings. The van der Waals surface area contributed by atoms with Crippen LogP contribution < -0.4 is 10.3 Å². The molecular weight excluding hydrogens is 419 g/mol. The first-order valence-corrected chi connectivity index (χ1v) is 11.0. The summed E-state index contributed by atoms with van der Waals surface area (Å²) >= 11 is 0. The molecule has 0 spiro atoms. The molecule has 0 radical (unpaired) electrons. The lowest BCUT2D eigenvalue weighted by Crippen LogP contribution is -2.47. The van der Waals surface area contributed by atoms with E-state index in [9.17, 15) is 17.6 Å². The summed E-state index contributed by atoms with van der Waals surface area (Å²) in [5, 5.41) is 5.68. The lowest BCUT2D eigenvalue weighted by atomic mass is 9.99. The predicted molar refractivity (Wildman–Crippen MR) is 114 cm³/mol. The molecule has 158 valence electrons. The number of carbonyl (C=O) groups excluding carboxylic acids is 1. The SMILES string of the molecule is O=C(NNS(=O)(=O)c1ccc(F)cc1)N1N=C(c2ccccc2)CC1c1ccccc1. The molecule has 1 heterocycles. The van der Waals surface area contributed by atoms with E-state index in [-0.39, 0.29) is 4.90 Å². The molecule has 1 atom stereocenters. The zero-order chi connectivity index (χ0) is 21.8. The van der Waals surface area contributed by atoms with Crippen LogP contribution in [0.4, 0.5) is 9.18 Å². The van der Waals surface area contributed by atoms with Crippen LogP contribution in [0.5, 0.6) is 0 Å². The highest BCUT2D eigenvalue weighted by molar-refractivity contribution is 7.89. The van der Waals surface area contributed by atoms with Crippen LogP contribution in [0, 0.1) is 5.82 Å². The fourth-order valence-electron chi connectivity index (χ4n) is 3.28. The van der Waals surface area contributed by atoms with E-state index in [1.807, 2.05) is 65.5 Å². The molecule has 3 aromatic rings. The van der Waals surface area contributed by atoms with E-state index in [4.69, 9.17) is 0 Å². The molecular formula is C22H19FN4O3S. The number of hydrazine groups is 1. The summed E-state index contributed by atoms with van der Waals surface area (Å²) < 4.78 is 37.9. The highest BCUT2D eigenvalue weighted by Crippen LogP contribution is 2.32. The van der Waals surface area contributed by atoms with Gasteiger partial charge in [-0.25, -0.2) is 22.6 Å². The Labute approximate surface area is 179 Å². The van der Waals surface area contributed by atoms with E-state index in [1.165, 1.54) is 5.01 Å². The average Bonchev–Trinajstić information content (AvgIpc) is 3.25. The maximum atomic E-state index is 13.1. The minimum atomic E-state index is -4.07. The molecule has 4 rings (SSSR count). The molecule has 1 aliphatic heterocycles. The normalized spacial score (nSPS) is 16.1. The van der Waals surface area contributed by atoms with Gasteiger partial charge in [-0.05, 0) is 35.4 Å². The van der Waals surface area contributed by atoms with Crippen molar-refractivity contribution in [3.63, 3.8) is 0 Å². The second kappa shape index (κ2) is 8.66. The third-order valence-corrected chi connectivity index (χ3v) is 6.09. The predicted octanol–water partition coefficient (Wildman–Crippen LogP) is 3.58. The van der Waals surface area contributed by atoms with E-state index < -0.39 is 27.9 Å². The Bertz CT molecular complexity index is 1200. The number of hydrogen-bond acceptors (Lipinski definition) is 4. The summed E-state index contributed by atoms with van der Waals surface area (Å²) in [6.45, 7) is 0. The third kappa shape index (κ3) is 4.62. The molecule has 0 saturated carbocycles. The van der Waals surface area contributed by atoms with Crippen molar-refractivity contribution < 1.29 is 17.6 Å².